The SMILES string of the molecule is Cc1nc(C)c(CCC(=O)Nc2cccc3c2OC(C)(C)CC3)c(=O)[nH]1. The summed E-state index contributed by atoms with van der Waals surface area (Å²) in [5.74, 6) is 1.18. The van der Waals surface area contributed by atoms with Gasteiger partial charge in [0.15, 0.2) is 0 Å². The molecule has 2 N–H and O–H groups in total. The molecule has 0 bridgehead atoms. The van der Waals surface area contributed by atoms with Crippen LogP contribution in [0.15, 0.2) is 23.0 Å². The van der Waals surface area contributed by atoms with Gasteiger partial charge in [-0.05, 0) is 58.6 Å². The molecule has 0 unspecified atom stereocenters. The number of aromatic nitrogens is 2. The molecule has 1 aromatic heterocycles. The highest BCUT2D eigenvalue weighted by molar-refractivity contribution is 5.92. The van der Waals surface area contributed by atoms with Crippen molar-refractivity contribution in [2.75, 3.05) is 5.32 Å². The van der Waals surface area contributed by atoms with Gasteiger partial charge in [0.1, 0.15) is 17.2 Å². The number of para-hydroxylation sites is 1. The highest BCUT2D eigenvalue weighted by atomic mass is 16.5. The molecule has 1 aromatic carbocycles. The second-order valence-electron chi connectivity index (χ2n) is 7.42. The van der Waals surface area contributed by atoms with Crippen LogP contribution in [0.2, 0.25) is 0 Å². The van der Waals surface area contributed by atoms with Crippen LogP contribution >= 0.6 is 0 Å². The third-order valence-corrected chi connectivity index (χ3v) is 4.69. The number of fused-ring (bicyclic) bond motifs is 1. The molecule has 2 aromatic rings. The molecule has 138 valence electrons. The Hall–Kier alpha value is -2.63. The van der Waals surface area contributed by atoms with Gasteiger partial charge in [0.05, 0.1) is 5.69 Å². The van der Waals surface area contributed by atoms with E-state index in [2.05, 4.69) is 15.3 Å². The fourth-order valence-electron chi connectivity index (χ4n) is 3.26. The number of aromatic amines is 1. The molecule has 0 saturated heterocycles. The van der Waals surface area contributed by atoms with Crippen LogP contribution in [0.3, 0.4) is 0 Å². The summed E-state index contributed by atoms with van der Waals surface area (Å²) in [5.41, 5.74) is 2.60. The number of hydrogen-bond acceptors (Lipinski definition) is 4. The summed E-state index contributed by atoms with van der Waals surface area (Å²) >= 11 is 0. The average molecular weight is 355 g/mol. The standard InChI is InChI=1S/C20H25N3O3/c1-12-15(19(25)22-13(2)21-12)8-9-17(24)23-16-7-5-6-14-10-11-20(3,4)26-18(14)16/h5-7H,8-11H2,1-4H3,(H,23,24)(H,21,22,25). The molecule has 26 heavy (non-hydrogen) atoms. The van der Waals surface area contributed by atoms with Gasteiger partial charge in [0, 0.05) is 17.7 Å². The second kappa shape index (κ2) is 6.94. The van der Waals surface area contributed by atoms with Crippen molar-refractivity contribution in [3.8, 4) is 5.75 Å². The quantitative estimate of drug-likeness (QED) is 0.883. The third kappa shape index (κ3) is 3.95. The molecular weight excluding hydrogens is 330 g/mol. The molecule has 2 heterocycles. The normalized spacial score (nSPS) is 15.1. The molecule has 6 nitrogen and oxygen atoms in total. The molecule has 0 aliphatic carbocycles. The van der Waals surface area contributed by atoms with Crippen LogP contribution in [-0.4, -0.2) is 21.5 Å². The van der Waals surface area contributed by atoms with Crippen LogP contribution in [0, 0.1) is 13.8 Å². The van der Waals surface area contributed by atoms with Crippen molar-refractivity contribution in [3.05, 3.63) is 51.2 Å². The summed E-state index contributed by atoms with van der Waals surface area (Å²) in [6, 6.07) is 5.81. The maximum absolute atomic E-state index is 12.4. The molecule has 6 heteroatoms. The van der Waals surface area contributed by atoms with Crippen LogP contribution in [0.4, 0.5) is 5.69 Å². The molecule has 0 fully saturated rings. The fourth-order valence-corrected chi connectivity index (χ4v) is 3.26. The van der Waals surface area contributed by atoms with Crippen molar-refractivity contribution in [2.24, 2.45) is 0 Å². The topological polar surface area (TPSA) is 84.1 Å². The Labute approximate surface area is 153 Å². The first-order chi connectivity index (χ1) is 12.2. The predicted octanol–water partition coefficient (Wildman–Crippen LogP) is 3.06. The van der Waals surface area contributed by atoms with Gasteiger partial charge < -0.3 is 15.0 Å². The lowest BCUT2D eigenvalue weighted by atomic mass is 9.94. The number of carbonyl (C=O) groups excluding carboxylic acids is 1. The highest BCUT2D eigenvalue weighted by Gasteiger charge is 2.28. The number of H-pyrrole nitrogens is 1. The highest BCUT2D eigenvalue weighted by Crippen LogP contribution is 2.38. The van der Waals surface area contributed by atoms with Crippen molar-refractivity contribution in [3.63, 3.8) is 0 Å². The Morgan fingerprint density at radius 1 is 1.35 bits per heavy atom. The lowest BCUT2D eigenvalue weighted by Crippen LogP contribution is -2.33. The first-order valence-corrected chi connectivity index (χ1v) is 8.92. The monoisotopic (exact) mass is 355 g/mol. The summed E-state index contributed by atoms with van der Waals surface area (Å²) < 4.78 is 6.09. The van der Waals surface area contributed by atoms with Crippen LogP contribution < -0.4 is 15.6 Å². The van der Waals surface area contributed by atoms with Crippen LogP contribution in [-0.2, 0) is 17.6 Å². The molecule has 1 aliphatic rings. The van der Waals surface area contributed by atoms with Gasteiger partial charge in [0.2, 0.25) is 5.91 Å². The van der Waals surface area contributed by atoms with E-state index in [0.29, 0.717) is 29.2 Å². The Kier molecular flexibility index (Phi) is 4.85. The lowest BCUT2D eigenvalue weighted by Gasteiger charge is -2.33. The number of nitrogens with one attached hydrogen (secondary N) is 2. The second-order valence-corrected chi connectivity index (χ2v) is 7.42. The number of rotatable bonds is 4. The van der Waals surface area contributed by atoms with E-state index < -0.39 is 0 Å². The third-order valence-electron chi connectivity index (χ3n) is 4.69. The first kappa shape index (κ1) is 18.2. The van der Waals surface area contributed by atoms with Gasteiger partial charge in [-0.2, -0.15) is 0 Å². The number of aryl methyl sites for hydroxylation is 3. The zero-order valence-electron chi connectivity index (χ0n) is 15.7. The Morgan fingerprint density at radius 2 is 2.12 bits per heavy atom. The van der Waals surface area contributed by atoms with E-state index in [1.165, 1.54) is 0 Å². The van der Waals surface area contributed by atoms with Gasteiger partial charge in [-0.1, -0.05) is 12.1 Å². The number of carbonyl (C=O) groups is 1. The Morgan fingerprint density at radius 3 is 2.85 bits per heavy atom. The zero-order chi connectivity index (χ0) is 18.9. The largest absolute Gasteiger partial charge is 0.485 e. The van der Waals surface area contributed by atoms with E-state index >= 15 is 0 Å². The average Bonchev–Trinajstić information content (AvgIpc) is 2.54. The summed E-state index contributed by atoms with van der Waals surface area (Å²) in [5, 5.41) is 2.93. The molecule has 0 saturated carbocycles. The minimum atomic E-state index is -0.244. The summed E-state index contributed by atoms with van der Waals surface area (Å²) in [6.45, 7) is 7.63. The number of hydrogen-bond donors (Lipinski definition) is 2. The summed E-state index contributed by atoms with van der Waals surface area (Å²) in [6.07, 6.45) is 2.43. The minimum absolute atomic E-state index is 0.148. The maximum Gasteiger partial charge on any atom is 0.254 e. The van der Waals surface area contributed by atoms with E-state index in [1.54, 1.807) is 13.8 Å². The van der Waals surface area contributed by atoms with E-state index in [-0.39, 0.29) is 23.5 Å². The van der Waals surface area contributed by atoms with Gasteiger partial charge in [-0.25, -0.2) is 4.98 Å². The molecule has 1 aliphatic heterocycles. The van der Waals surface area contributed by atoms with Crippen LogP contribution in [0.25, 0.3) is 0 Å². The van der Waals surface area contributed by atoms with Crippen molar-refractivity contribution in [1.29, 1.82) is 0 Å². The number of nitrogens with zero attached hydrogens (tertiary/aromatic N) is 1. The number of benzene rings is 1. The Bertz CT molecular complexity index is 900. The van der Waals surface area contributed by atoms with Gasteiger partial charge in [0.25, 0.3) is 5.56 Å². The maximum atomic E-state index is 12.4. The van der Waals surface area contributed by atoms with Crippen molar-refractivity contribution in [2.45, 2.75) is 59.0 Å². The van der Waals surface area contributed by atoms with Crippen LogP contribution in [0.1, 0.15) is 49.3 Å². The molecule has 0 spiro atoms. The van der Waals surface area contributed by atoms with Crippen LogP contribution in [0.5, 0.6) is 5.75 Å². The van der Waals surface area contributed by atoms with E-state index in [9.17, 15) is 9.59 Å². The molecule has 0 radical (unpaired) electrons. The molecule has 3 rings (SSSR count). The molecule has 1 amide bonds. The van der Waals surface area contributed by atoms with Gasteiger partial charge in [-0.15, -0.1) is 0 Å². The molecule has 0 atom stereocenters. The van der Waals surface area contributed by atoms with E-state index in [0.717, 1.165) is 24.2 Å². The predicted molar refractivity (Wildman–Crippen MR) is 101 cm³/mol. The fraction of sp³-hybridized carbons (Fsp3) is 0.450. The summed E-state index contributed by atoms with van der Waals surface area (Å²) in [4.78, 5) is 31.4. The van der Waals surface area contributed by atoms with E-state index in [4.69, 9.17) is 4.74 Å². The number of anilines is 1. The number of ether oxygens (including phenoxy) is 1. The molecular formula is C20H25N3O3. The zero-order valence-corrected chi connectivity index (χ0v) is 15.7. The van der Waals surface area contributed by atoms with E-state index in [1.807, 2.05) is 32.0 Å². The smallest absolute Gasteiger partial charge is 0.254 e. The van der Waals surface area contributed by atoms with Gasteiger partial charge in [-0.3, -0.25) is 9.59 Å². The first-order valence-electron chi connectivity index (χ1n) is 8.92. The minimum Gasteiger partial charge on any atom is -0.485 e. The van der Waals surface area contributed by atoms with Crippen molar-refractivity contribution in [1.82, 2.24) is 9.97 Å². The number of amides is 1. The lowest BCUT2D eigenvalue weighted by molar-refractivity contribution is -0.116. The van der Waals surface area contributed by atoms with Crippen molar-refractivity contribution >= 4 is 11.6 Å². The summed E-state index contributed by atoms with van der Waals surface area (Å²) in [7, 11) is 0. The van der Waals surface area contributed by atoms with Gasteiger partial charge >= 0.3 is 0 Å². The van der Waals surface area contributed by atoms with Crippen molar-refractivity contribution < 1.29 is 9.53 Å². The Balaban J connectivity index is 1.71.